The molecule has 1 aromatic rings. The molecule has 0 saturated carbocycles. The van der Waals surface area contributed by atoms with Crippen LogP contribution in [-0.4, -0.2) is 13.1 Å². The first kappa shape index (κ1) is 11.0. The molecular weight excluding hydrogens is 324 g/mol. The van der Waals surface area contributed by atoms with E-state index in [2.05, 4.69) is 31.9 Å². The molecule has 0 bridgehead atoms. The van der Waals surface area contributed by atoms with Gasteiger partial charge in [-0.15, -0.1) is 0 Å². The maximum atomic E-state index is 11.0. The highest BCUT2D eigenvalue weighted by molar-refractivity contribution is 9.10. The molecule has 0 aliphatic carbocycles. The summed E-state index contributed by atoms with van der Waals surface area (Å²) in [5.74, 6) is 0.300. The Morgan fingerprint density at radius 3 is 2.62 bits per heavy atom. The van der Waals surface area contributed by atoms with E-state index >= 15 is 0 Å². The predicted molar refractivity (Wildman–Crippen MR) is 57.5 cm³/mol. The molecule has 1 aromatic carbocycles. The molecule has 0 saturated heterocycles. The van der Waals surface area contributed by atoms with Crippen molar-refractivity contribution in [1.82, 2.24) is 0 Å². The van der Waals surface area contributed by atoms with Gasteiger partial charge in [0.05, 0.1) is 0 Å². The van der Waals surface area contributed by atoms with Gasteiger partial charge < -0.3 is 4.18 Å². The van der Waals surface area contributed by atoms with Gasteiger partial charge in [0.2, 0.25) is 0 Å². The molecule has 0 aliphatic rings. The first-order valence-corrected chi connectivity index (χ1v) is 6.76. The van der Waals surface area contributed by atoms with Crippen LogP contribution in [0.5, 0.6) is 5.75 Å². The molecular formula is C7H6Br2O3S. The van der Waals surface area contributed by atoms with E-state index in [9.17, 15) is 8.42 Å². The molecule has 0 radical (unpaired) electrons. The van der Waals surface area contributed by atoms with Gasteiger partial charge in [-0.1, -0.05) is 37.9 Å². The van der Waals surface area contributed by atoms with Gasteiger partial charge in [-0.05, 0) is 18.2 Å². The second kappa shape index (κ2) is 4.43. The Balaban J connectivity index is 2.87. The summed E-state index contributed by atoms with van der Waals surface area (Å²) in [6.45, 7) is 0. The predicted octanol–water partition coefficient (Wildman–Crippen LogP) is 2.51. The fourth-order valence-electron chi connectivity index (χ4n) is 0.688. The van der Waals surface area contributed by atoms with Crippen LogP contribution in [0.4, 0.5) is 0 Å². The Hall–Kier alpha value is -0.0700. The summed E-state index contributed by atoms with van der Waals surface area (Å²) in [7, 11) is -3.49. The summed E-state index contributed by atoms with van der Waals surface area (Å²) < 4.78 is 27.3. The van der Waals surface area contributed by atoms with Crippen molar-refractivity contribution in [2.75, 3.05) is 4.66 Å². The Morgan fingerprint density at radius 2 is 2.08 bits per heavy atom. The van der Waals surface area contributed by atoms with Crippen LogP contribution in [0, 0.1) is 0 Å². The zero-order valence-electron chi connectivity index (χ0n) is 6.41. The molecule has 6 heteroatoms. The Kier molecular flexibility index (Phi) is 3.75. The second-order valence-corrected chi connectivity index (χ2v) is 6.00. The lowest BCUT2D eigenvalue weighted by Crippen LogP contribution is -2.09. The zero-order chi connectivity index (χ0) is 9.90. The maximum Gasteiger partial charge on any atom is 0.319 e. The van der Waals surface area contributed by atoms with E-state index in [-0.39, 0.29) is 4.66 Å². The molecule has 3 nitrogen and oxygen atoms in total. The fraction of sp³-hybridized carbons (Fsp3) is 0.143. The molecule has 0 amide bonds. The average Bonchev–Trinajstić information content (AvgIpc) is 2.03. The van der Waals surface area contributed by atoms with E-state index < -0.39 is 10.1 Å². The summed E-state index contributed by atoms with van der Waals surface area (Å²) in [6.07, 6.45) is 0. The minimum atomic E-state index is -3.49. The zero-order valence-corrected chi connectivity index (χ0v) is 10.4. The van der Waals surface area contributed by atoms with E-state index in [0.29, 0.717) is 5.75 Å². The molecule has 0 spiro atoms. The van der Waals surface area contributed by atoms with Crippen LogP contribution in [0.1, 0.15) is 0 Å². The van der Waals surface area contributed by atoms with E-state index in [1.807, 2.05) is 0 Å². The molecule has 0 unspecified atom stereocenters. The van der Waals surface area contributed by atoms with Crippen molar-refractivity contribution >= 4 is 42.0 Å². The fourth-order valence-corrected chi connectivity index (χ4v) is 1.79. The molecule has 0 heterocycles. The van der Waals surface area contributed by atoms with Gasteiger partial charge in [-0.3, -0.25) is 0 Å². The SMILES string of the molecule is O=S(=O)(CBr)Oc1cccc(Br)c1. The summed E-state index contributed by atoms with van der Waals surface area (Å²) in [5.41, 5.74) is 0. The van der Waals surface area contributed by atoms with Gasteiger partial charge >= 0.3 is 10.1 Å². The minimum Gasteiger partial charge on any atom is -0.382 e. The maximum absolute atomic E-state index is 11.0. The van der Waals surface area contributed by atoms with E-state index in [4.69, 9.17) is 4.18 Å². The van der Waals surface area contributed by atoms with Crippen molar-refractivity contribution in [3.63, 3.8) is 0 Å². The molecule has 0 atom stereocenters. The lowest BCUT2D eigenvalue weighted by molar-refractivity contribution is 0.492. The van der Waals surface area contributed by atoms with Gasteiger partial charge in [-0.2, -0.15) is 8.42 Å². The highest BCUT2D eigenvalue weighted by atomic mass is 79.9. The third kappa shape index (κ3) is 3.66. The van der Waals surface area contributed by atoms with Gasteiger partial charge in [0.15, 0.2) is 0 Å². The average molecular weight is 330 g/mol. The van der Waals surface area contributed by atoms with Crippen molar-refractivity contribution in [3.05, 3.63) is 28.7 Å². The number of hydrogen-bond acceptors (Lipinski definition) is 3. The van der Waals surface area contributed by atoms with E-state index in [1.165, 1.54) is 0 Å². The van der Waals surface area contributed by atoms with Crippen molar-refractivity contribution in [2.45, 2.75) is 0 Å². The quantitative estimate of drug-likeness (QED) is 0.632. The molecule has 0 aromatic heterocycles. The largest absolute Gasteiger partial charge is 0.382 e. The normalized spacial score (nSPS) is 11.2. The minimum absolute atomic E-state index is 0.216. The van der Waals surface area contributed by atoms with Gasteiger partial charge in [0.25, 0.3) is 0 Å². The number of rotatable bonds is 3. The van der Waals surface area contributed by atoms with E-state index in [0.717, 1.165) is 4.47 Å². The van der Waals surface area contributed by atoms with Crippen LogP contribution < -0.4 is 4.18 Å². The third-order valence-corrected chi connectivity index (χ3v) is 4.04. The monoisotopic (exact) mass is 328 g/mol. The summed E-state index contributed by atoms with van der Waals surface area (Å²) in [5, 5.41) is 0. The topological polar surface area (TPSA) is 43.4 Å². The van der Waals surface area contributed by atoms with Crippen molar-refractivity contribution in [3.8, 4) is 5.75 Å². The van der Waals surface area contributed by atoms with Crippen LogP contribution in [0.2, 0.25) is 0 Å². The van der Waals surface area contributed by atoms with Crippen molar-refractivity contribution < 1.29 is 12.6 Å². The van der Waals surface area contributed by atoms with Gasteiger partial charge in [0, 0.05) is 4.47 Å². The molecule has 1 rings (SSSR count). The highest BCUT2D eigenvalue weighted by Crippen LogP contribution is 2.19. The number of alkyl halides is 1. The Bertz CT molecular complexity index is 388. The molecule has 72 valence electrons. The van der Waals surface area contributed by atoms with Crippen LogP contribution in [0.15, 0.2) is 28.7 Å². The molecule has 0 fully saturated rings. The number of halogens is 2. The third-order valence-electron chi connectivity index (χ3n) is 1.15. The molecule has 13 heavy (non-hydrogen) atoms. The molecule has 0 N–H and O–H groups in total. The van der Waals surface area contributed by atoms with Gasteiger partial charge in [0.1, 0.15) is 10.4 Å². The van der Waals surface area contributed by atoms with E-state index in [1.54, 1.807) is 24.3 Å². The van der Waals surface area contributed by atoms with Crippen molar-refractivity contribution in [2.24, 2.45) is 0 Å². The second-order valence-electron chi connectivity index (χ2n) is 2.21. The van der Waals surface area contributed by atoms with Crippen LogP contribution in [0.25, 0.3) is 0 Å². The summed E-state index contributed by atoms with van der Waals surface area (Å²) in [4.78, 5) is 0. The first-order valence-electron chi connectivity index (χ1n) is 3.27. The Labute approximate surface area is 93.5 Å². The highest BCUT2D eigenvalue weighted by Gasteiger charge is 2.09. The van der Waals surface area contributed by atoms with Crippen LogP contribution in [-0.2, 0) is 10.1 Å². The summed E-state index contributed by atoms with van der Waals surface area (Å²) >= 11 is 6.03. The Morgan fingerprint density at radius 1 is 1.38 bits per heavy atom. The van der Waals surface area contributed by atoms with Crippen LogP contribution in [0.3, 0.4) is 0 Å². The lowest BCUT2D eigenvalue weighted by Gasteiger charge is -2.03. The van der Waals surface area contributed by atoms with Crippen molar-refractivity contribution in [1.29, 1.82) is 0 Å². The van der Waals surface area contributed by atoms with Crippen LogP contribution >= 0.6 is 31.9 Å². The van der Waals surface area contributed by atoms with Gasteiger partial charge in [-0.25, -0.2) is 0 Å². The number of hydrogen-bond donors (Lipinski definition) is 0. The summed E-state index contributed by atoms with van der Waals surface area (Å²) in [6, 6.07) is 6.64. The molecule has 0 aliphatic heterocycles. The lowest BCUT2D eigenvalue weighted by atomic mass is 10.3. The standard InChI is InChI=1S/C7H6Br2O3S/c8-5-13(10,11)12-7-3-1-2-6(9)4-7/h1-4H,5H2. The smallest absolute Gasteiger partial charge is 0.319 e. The number of benzene rings is 1. The first-order chi connectivity index (χ1) is 6.03.